The van der Waals surface area contributed by atoms with E-state index in [2.05, 4.69) is 18.3 Å². The van der Waals surface area contributed by atoms with Crippen molar-refractivity contribution in [3.8, 4) is 0 Å². The van der Waals surface area contributed by atoms with E-state index in [9.17, 15) is 0 Å². The Kier molecular flexibility index (Phi) is 2.98. The van der Waals surface area contributed by atoms with E-state index < -0.39 is 0 Å². The number of hydrogen-bond acceptors (Lipinski definition) is 2. The minimum Gasteiger partial charge on any atom is -0.379 e. The van der Waals surface area contributed by atoms with Gasteiger partial charge in [0.25, 0.3) is 0 Å². The third-order valence-electron chi connectivity index (χ3n) is 1.27. The fourth-order valence-electron chi connectivity index (χ4n) is 0.811. The first-order valence-electron chi connectivity index (χ1n) is 3.46. The Morgan fingerprint density at radius 1 is 1.78 bits per heavy atom. The molecule has 0 saturated carbocycles. The topological polar surface area (TPSA) is 12.0 Å². The monoisotopic (exact) mass is 143 g/mol. The lowest BCUT2D eigenvalue weighted by atomic mass is 10.5. The molecule has 1 aliphatic rings. The summed E-state index contributed by atoms with van der Waals surface area (Å²) in [7, 11) is 0. The molecule has 0 spiro atoms. The van der Waals surface area contributed by atoms with E-state index in [1.165, 1.54) is 18.6 Å². The number of nitrogens with one attached hydrogen (secondary N) is 1. The van der Waals surface area contributed by atoms with E-state index in [1.54, 1.807) is 0 Å². The quantitative estimate of drug-likeness (QED) is 0.648. The van der Waals surface area contributed by atoms with Gasteiger partial charge in [-0.3, -0.25) is 0 Å². The van der Waals surface area contributed by atoms with Gasteiger partial charge < -0.3 is 5.32 Å². The van der Waals surface area contributed by atoms with Crippen LogP contribution in [0.3, 0.4) is 0 Å². The molecule has 0 fully saturated rings. The van der Waals surface area contributed by atoms with Gasteiger partial charge in [-0.1, -0.05) is 13.0 Å². The van der Waals surface area contributed by atoms with E-state index >= 15 is 0 Å². The van der Waals surface area contributed by atoms with Crippen molar-refractivity contribution in [3.05, 3.63) is 12.3 Å². The zero-order valence-corrected chi connectivity index (χ0v) is 6.58. The third-order valence-corrected chi connectivity index (χ3v) is 2.65. The molecular formula is C7H13NS. The summed E-state index contributed by atoms with van der Waals surface area (Å²) in [5.74, 6) is 1.28. The number of thioether (sulfide) groups is 1. The molecule has 0 saturated heterocycles. The van der Waals surface area contributed by atoms with Gasteiger partial charge in [-0.25, -0.2) is 0 Å². The molecule has 0 aromatic carbocycles. The molecule has 0 bridgehead atoms. The van der Waals surface area contributed by atoms with Gasteiger partial charge in [-0.2, -0.15) is 0 Å². The summed E-state index contributed by atoms with van der Waals surface area (Å²) in [6, 6.07) is 0. The van der Waals surface area contributed by atoms with Crippen LogP contribution in [0.15, 0.2) is 12.3 Å². The lowest BCUT2D eigenvalue weighted by Crippen LogP contribution is -2.14. The van der Waals surface area contributed by atoms with Gasteiger partial charge in [0.2, 0.25) is 0 Å². The first kappa shape index (κ1) is 7.00. The van der Waals surface area contributed by atoms with Gasteiger partial charge in [0.05, 0.1) is 5.37 Å². The molecule has 1 aliphatic heterocycles. The summed E-state index contributed by atoms with van der Waals surface area (Å²) < 4.78 is 0. The van der Waals surface area contributed by atoms with E-state index in [0.717, 1.165) is 0 Å². The predicted molar refractivity (Wildman–Crippen MR) is 43.4 cm³/mol. The van der Waals surface area contributed by atoms with Crippen LogP contribution in [-0.2, 0) is 0 Å². The summed E-state index contributed by atoms with van der Waals surface area (Å²) in [6.07, 6.45) is 6.72. The minimum absolute atomic E-state index is 0.671. The van der Waals surface area contributed by atoms with Crippen LogP contribution in [0.5, 0.6) is 0 Å². The van der Waals surface area contributed by atoms with Crippen molar-refractivity contribution >= 4 is 11.8 Å². The van der Waals surface area contributed by atoms with Crippen LogP contribution in [0.1, 0.15) is 19.8 Å². The summed E-state index contributed by atoms with van der Waals surface area (Å²) in [5, 5.41) is 3.95. The highest BCUT2D eigenvalue weighted by molar-refractivity contribution is 7.99. The molecule has 52 valence electrons. The van der Waals surface area contributed by atoms with Crippen molar-refractivity contribution < 1.29 is 0 Å². The third kappa shape index (κ3) is 2.31. The Morgan fingerprint density at radius 3 is 3.22 bits per heavy atom. The normalized spacial score (nSPS) is 24.3. The zero-order chi connectivity index (χ0) is 6.53. The second-order valence-electron chi connectivity index (χ2n) is 2.16. The maximum absolute atomic E-state index is 3.27. The van der Waals surface area contributed by atoms with Gasteiger partial charge in [0, 0.05) is 0 Å². The highest BCUT2D eigenvalue weighted by atomic mass is 32.2. The average molecular weight is 143 g/mol. The second-order valence-corrected chi connectivity index (χ2v) is 3.47. The Morgan fingerprint density at radius 2 is 2.67 bits per heavy atom. The molecule has 1 unspecified atom stereocenters. The molecule has 0 aromatic rings. The van der Waals surface area contributed by atoms with E-state index in [1.807, 2.05) is 18.0 Å². The van der Waals surface area contributed by atoms with Crippen molar-refractivity contribution in [2.75, 3.05) is 5.75 Å². The van der Waals surface area contributed by atoms with Crippen LogP contribution < -0.4 is 5.32 Å². The van der Waals surface area contributed by atoms with Crippen LogP contribution in [0.25, 0.3) is 0 Å². The molecule has 1 nitrogen and oxygen atoms in total. The molecule has 0 amide bonds. The molecule has 9 heavy (non-hydrogen) atoms. The van der Waals surface area contributed by atoms with Crippen molar-refractivity contribution in [2.45, 2.75) is 25.1 Å². The van der Waals surface area contributed by atoms with Crippen LogP contribution in [-0.4, -0.2) is 11.1 Å². The molecular weight excluding hydrogens is 130 g/mol. The second kappa shape index (κ2) is 3.83. The number of rotatable bonds is 3. The summed E-state index contributed by atoms with van der Waals surface area (Å²) >= 11 is 2.01. The van der Waals surface area contributed by atoms with Crippen molar-refractivity contribution in [1.82, 2.24) is 5.32 Å². The maximum Gasteiger partial charge on any atom is 0.0752 e. The highest BCUT2D eigenvalue weighted by Gasteiger charge is 2.06. The Balaban J connectivity index is 2.01. The standard InChI is InChI=1S/C7H13NS/c1-2-6-9-7-4-3-5-8-7/h3,5,7-8H,2,4,6H2,1H3. The summed E-state index contributed by atoms with van der Waals surface area (Å²) in [4.78, 5) is 0. The smallest absolute Gasteiger partial charge is 0.0752 e. The minimum atomic E-state index is 0.671. The lowest BCUT2D eigenvalue weighted by molar-refractivity contribution is 0.846. The Hall–Kier alpha value is -0.110. The zero-order valence-electron chi connectivity index (χ0n) is 5.76. The maximum atomic E-state index is 3.27. The largest absolute Gasteiger partial charge is 0.379 e. The van der Waals surface area contributed by atoms with Crippen molar-refractivity contribution in [1.29, 1.82) is 0 Å². The molecule has 0 radical (unpaired) electrons. The van der Waals surface area contributed by atoms with Crippen LogP contribution in [0, 0.1) is 0 Å². The first-order chi connectivity index (χ1) is 4.43. The fraction of sp³-hybridized carbons (Fsp3) is 0.714. The average Bonchev–Trinajstić information content (AvgIpc) is 2.34. The molecule has 1 heterocycles. The molecule has 0 aliphatic carbocycles. The van der Waals surface area contributed by atoms with E-state index in [4.69, 9.17) is 0 Å². The van der Waals surface area contributed by atoms with Crippen molar-refractivity contribution in [3.63, 3.8) is 0 Å². The fourth-order valence-corrected chi connectivity index (χ4v) is 1.75. The van der Waals surface area contributed by atoms with Gasteiger partial charge >= 0.3 is 0 Å². The first-order valence-corrected chi connectivity index (χ1v) is 4.51. The van der Waals surface area contributed by atoms with Gasteiger partial charge in [0.15, 0.2) is 0 Å². The van der Waals surface area contributed by atoms with Crippen LogP contribution >= 0.6 is 11.8 Å². The molecule has 0 aromatic heterocycles. The van der Waals surface area contributed by atoms with E-state index in [0.29, 0.717) is 5.37 Å². The SMILES string of the molecule is CCCSC1CC=CN1. The molecule has 1 N–H and O–H groups in total. The molecule has 1 atom stereocenters. The molecule has 2 heteroatoms. The summed E-state index contributed by atoms with van der Waals surface area (Å²) in [6.45, 7) is 2.22. The predicted octanol–water partition coefficient (Wildman–Crippen LogP) is 1.96. The van der Waals surface area contributed by atoms with Gasteiger partial charge in [0.1, 0.15) is 0 Å². The van der Waals surface area contributed by atoms with E-state index in [-0.39, 0.29) is 0 Å². The van der Waals surface area contributed by atoms with Gasteiger partial charge in [-0.15, -0.1) is 11.8 Å². The Labute approximate surface area is 60.9 Å². The Bertz CT molecular complexity index is 93.1. The highest BCUT2D eigenvalue weighted by Crippen LogP contribution is 2.16. The van der Waals surface area contributed by atoms with Crippen LogP contribution in [0.4, 0.5) is 0 Å². The van der Waals surface area contributed by atoms with Crippen molar-refractivity contribution in [2.24, 2.45) is 0 Å². The lowest BCUT2D eigenvalue weighted by Gasteiger charge is -2.07. The summed E-state index contributed by atoms with van der Waals surface area (Å²) in [5.41, 5.74) is 0. The molecule has 1 rings (SSSR count). The number of hydrogen-bond donors (Lipinski definition) is 1. The van der Waals surface area contributed by atoms with Gasteiger partial charge in [-0.05, 0) is 24.8 Å². The van der Waals surface area contributed by atoms with Crippen LogP contribution in [0.2, 0.25) is 0 Å².